The maximum atomic E-state index is 11.0. The molecule has 0 aromatic heterocycles. The van der Waals surface area contributed by atoms with E-state index in [9.17, 15) is 4.79 Å². The van der Waals surface area contributed by atoms with Gasteiger partial charge in [-0.1, -0.05) is 17.7 Å². The molecular formula is C11H11ClO2. The molecule has 0 bridgehead atoms. The normalized spacial score (nSPS) is 20.2. The van der Waals surface area contributed by atoms with Crippen molar-refractivity contribution in [3.63, 3.8) is 0 Å². The standard InChI is InChI=1S/C11H11ClO2/c12-8-5-4-7-2-1-3-9(11(13)14)10(7)6-8/h4-6,9H,1-3H2,(H,13,14). The average molecular weight is 211 g/mol. The number of carbonyl (C=O) groups is 1. The first kappa shape index (κ1) is 9.53. The second-order valence-corrected chi connectivity index (χ2v) is 4.06. The Bertz CT molecular complexity index is 374. The van der Waals surface area contributed by atoms with Crippen LogP contribution in [0.4, 0.5) is 0 Å². The zero-order valence-corrected chi connectivity index (χ0v) is 8.42. The van der Waals surface area contributed by atoms with E-state index in [2.05, 4.69) is 0 Å². The molecule has 3 heteroatoms. The minimum absolute atomic E-state index is 0.363. The van der Waals surface area contributed by atoms with Crippen molar-refractivity contribution in [3.05, 3.63) is 34.3 Å². The van der Waals surface area contributed by atoms with Crippen LogP contribution < -0.4 is 0 Å². The predicted molar refractivity (Wildman–Crippen MR) is 54.8 cm³/mol. The van der Waals surface area contributed by atoms with Gasteiger partial charge in [-0.05, 0) is 42.5 Å². The largest absolute Gasteiger partial charge is 0.481 e. The van der Waals surface area contributed by atoms with Crippen molar-refractivity contribution in [3.8, 4) is 0 Å². The third-order valence-electron chi connectivity index (χ3n) is 2.72. The fourth-order valence-electron chi connectivity index (χ4n) is 2.03. The van der Waals surface area contributed by atoms with Crippen molar-refractivity contribution in [2.75, 3.05) is 0 Å². The average Bonchev–Trinajstić information content (AvgIpc) is 2.16. The molecule has 14 heavy (non-hydrogen) atoms. The van der Waals surface area contributed by atoms with Crippen molar-refractivity contribution < 1.29 is 9.90 Å². The van der Waals surface area contributed by atoms with E-state index in [4.69, 9.17) is 16.7 Å². The molecule has 1 aliphatic rings. The van der Waals surface area contributed by atoms with Crippen LogP contribution in [0.3, 0.4) is 0 Å². The Kier molecular flexibility index (Phi) is 2.46. The van der Waals surface area contributed by atoms with Crippen LogP contribution in [0.1, 0.15) is 29.9 Å². The zero-order valence-electron chi connectivity index (χ0n) is 7.66. The highest BCUT2D eigenvalue weighted by molar-refractivity contribution is 6.30. The summed E-state index contributed by atoms with van der Waals surface area (Å²) in [6, 6.07) is 5.55. The number of aryl methyl sites for hydroxylation is 1. The molecule has 74 valence electrons. The summed E-state index contributed by atoms with van der Waals surface area (Å²) in [5.41, 5.74) is 2.03. The van der Waals surface area contributed by atoms with E-state index in [1.54, 1.807) is 6.07 Å². The van der Waals surface area contributed by atoms with Gasteiger partial charge < -0.3 is 5.11 Å². The first-order valence-corrected chi connectivity index (χ1v) is 5.07. The molecule has 0 fully saturated rings. The molecule has 1 unspecified atom stereocenters. The lowest BCUT2D eigenvalue weighted by molar-refractivity contribution is -0.139. The molecule has 1 aromatic rings. The highest BCUT2D eigenvalue weighted by Gasteiger charge is 2.25. The first-order valence-electron chi connectivity index (χ1n) is 4.69. The SMILES string of the molecule is O=C(O)C1CCCc2ccc(Cl)cc21. The third-order valence-corrected chi connectivity index (χ3v) is 2.96. The fourth-order valence-corrected chi connectivity index (χ4v) is 2.21. The number of rotatable bonds is 1. The van der Waals surface area contributed by atoms with Gasteiger partial charge in [-0.15, -0.1) is 0 Å². The van der Waals surface area contributed by atoms with E-state index < -0.39 is 5.97 Å². The smallest absolute Gasteiger partial charge is 0.310 e. The van der Waals surface area contributed by atoms with Crippen molar-refractivity contribution >= 4 is 17.6 Å². The summed E-state index contributed by atoms with van der Waals surface area (Å²) < 4.78 is 0. The molecule has 1 atom stereocenters. The molecule has 0 heterocycles. The van der Waals surface area contributed by atoms with Crippen LogP contribution in [-0.4, -0.2) is 11.1 Å². The molecule has 0 aliphatic heterocycles. The molecule has 1 aliphatic carbocycles. The first-order chi connectivity index (χ1) is 6.68. The van der Waals surface area contributed by atoms with E-state index in [1.165, 1.54) is 0 Å². The topological polar surface area (TPSA) is 37.3 Å². The minimum Gasteiger partial charge on any atom is -0.481 e. The van der Waals surface area contributed by atoms with Gasteiger partial charge in [0, 0.05) is 5.02 Å². The molecule has 1 N–H and O–H groups in total. The van der Waals surface area contributed by atoms with Gasteiger partial charge in [0.25, 0.3) is 0 Å². The van der Waals surface area contributed by atoms with Gasteiger partial charge in [-0.2, -0.15) is 0 Å². The van der Waals surface area contributed by atoms with Gasteiger partial charge in [-0.25, -0.2) is 0 Å². The Morgan fingerprint density at radius 3 is 3.00 bits per heavy atom. The second-order valence-electron chi connectivity index (χ2n) is 3.63. The number of benzene rings is 1. The second kappa shape index (κ2) is 3.62. The van der Waals surface area contributed by atoms with Crippen molar-refractivity contribution in [2.45, 2.75) is 25.2 Å². The van der Waals surface area contributed by atoms with Gasteiger partial charge in [-0.3, -0.25) is 4.79 Å². The molecule has 0 saturated carbocycles. The number of aliphatic carboxylic acids is 1. The number of fused-ring (bicyclic) bond motifs is 1. The summed E-state index contributed by atoms with van der Waals surface area (Å²) in [6.07, 6.45) is 2.64. The van der Waals surface area contributed by atoms with Crippen LogP contribution >= 0.6 is 11.6 Å². The van der Waals surface area contributed by atoms with Crippen LogP contribution in [0.25, 0.3) is 0 Å². The zero-order chi connectivity index (χ0) is 10.1. The van der Waals surface area contributed by atoms with Gasteiger partial charge in [0.2, 0.25) is 0 Å². The Morgan fingerprint density at radius 1 is 1.50 bits per heavy atom. The molecule has 0 amide bonds. The lowest BCUT2D eigenvalue weighted by Gasteiger charge is -2.22. The Labute approximate surface area is 87.5 Å². The molecule has 2 rings (SSSR count). The van der Waals surface area contributed by atoms with E-state index in [0.29, 0.717) is 5.02 Å². The maximum absolute atomic E-state index is 11.0. The minimum atomic E-state index is -0.742. The van der Waals surface area contributed by atoms with E-state index in [0.717, 1.165) is 30.4 Å². The predicted octanol–water partition coefficient (Wildman–Crippen LogP) is 2.84. The highest BCUT2D eigenvalue weighted by atomic mass is 35.5. The molecule has 0 saturated heterocycles. The highest BCUT2D eigenvalue weighted by Crippen LogP contribution is 2.33. The summed E-state index contributed by atoms with van der Waals surface area (Å²) in [4.78, 5) is 11.0. The lowest BCUT2D eigenvalue weighted by atomic mass is 9.83. The van der Waals surface area contributed by atoms with Crippen LogP contribution in [0.15, 0.2) is 18.2 Å². The van der Waals surface area contributed by atoms with E-state index >= 15 is 0 Å². The van der Waals surface area contributed by atoms with E-state index in [1.807, 2.05) is 12.1 Å². The number of halogens is 1. The van der Waals surface area contributed by atoms with Crippen molar-refractivity contribution in [1.82, 2.24) is 0 Å². The Hall–Kier alpha value is -1.02. The number of hydrogen-bond donors (Lipinski definition) is 1. The van der Waals surface area contributed by atoms with Gasteiger partial charge >= 0.3 is 5.97 Å². The van der Waals surface area contributed by atoms with Gasteiger partial charge in [0.05, 0.1) is 5.92 Å². The molecular weight excluding hydrogens is 200 g/mol. The van der Waals surface area contributed by atoms with Gasteiger partial charge in [0.1, 0.15) is 0 Å². The molecule has 0 radical (unpaired) electrons. The fraction of sp³-hybridized carbons (Fsp3) is 0.364. The van der Waals surface area contributed by atoms with Crippen LogP contribution in [0, 0.1) is 0 Å². The number of hydrogen-bond acceptors (Lipinski definition) is 1. The summed E-state index contributed by atoms with van der Waals surface area (Å²) >= 11 is 5.85. The molecule has 1 aromatic carbocycles. The Morgan fingerprint density at radius 2 is 2.29 bits per heavy atom. The van der Waals surface area contributed by atoms with Crippen LogP contribution in [-0.2, 0) is 11.2 Å². The number of carboxylic acid groups (broad SMARTS) is 1. The summed E-state index contributed by atoms with van der Waals surface area (Å²) in [5.74, 6) is -1.11. The van der Waals surface area contributed by atoms with Crippen molar-refractivity contribution in [2.24, 2.45) is 0 Å². The summed E-state index contributed by atoms with van der Waals surface area (Å²) in [7, 11) is 0. The Balaban J connectivity index is 2.46. The van der Waals surface area contributed by atoms with Crippen LogP contribution in [0.5, 0.6) is 0 Å². The van der Waals surface area contributed by atoms with Crippen LogP contribution in [0.2, 0.25) is 5.02 Å². The summed E-state index contributed by atoms with van der Waals surface area (Å²) in [5, 5.41) is 9.65. The maximum Gasteiger partial charge on any atom is 0.310 e. The van der Waals surface area contributed by atoms with Gasteiger partial charge in [0.15, 0.2) is 0 Å². The summed E-state index contributed by atoms with van der Waals surface area (Å²) in [6.45, 7) is 0. The monoisotopic (exact) mass is 210 g/mol. The quantitative estimate of drug-likeness (QED) is 0.774. The number of carboxylic acids is 1. The molecule has 2 nitrogen and oxygen atoms in total. The van der Waals surface area contributed by atoms with Crippen molar-refractivity contribution in [1.29, 1.82) is 0 Å². The third kappa shape index (κ3) is 1.62. The van der Waals surface area contributed by atoms with E-state index in [-0.39, 0.29) is 5.92 Å². The lowest BCUT2D eigenvalue weighted by Crippen LogP contribution is -2.17. The molecule has 0 spiro atoms.